The summed E-state index contributed by atoms with van der Waals surface area (Å²) in [6, 6.07) is 0. The Bertz CT molecular complexity index is 175. The zero-order valence-electron chi connectivity index (χ0n) is 8.46. The second-order valence-electron chi connectivity index (χ2n) is 2.85. The van der Waals surface area contributed by atoms with Gasteiger partial charge in [-0.1, -0.05) is 0 Å². The van der Waals surface area contributed by atoms with E-state index in [0.717, 1.165) is 0 Å². The average Bonchev–Trinajstić information content (AvgIpc) is 2.19. The molecule has 5 atom stereocenters. The van der Waals surface area contributed by atoms with Gasteiger partial charge >= 0.3 is 0 Å². The van der Waals surface area contributed by atoms with Crippen molar-refractivity contribution in [2.24, 2.45) is 0 Å². The number of rotatable bonds is 3. The first kappa shape index (κ1) is 9.36. The first-order valence-electron chi connectivity index (χ1n) is 4.85. The molecule has 0 spiro atoms. The Morgan fingerprint density at radius 2 is 2.31 bits per heavy atom. The van der Waals surface area contributed by atoms with Gasteiger partial charge in [0.25, 0.3) is 0 Å². The van der Waals surface area contributed by atoms with Crippen molar-refractivity contribution < 1.29 is 26.2 Å². The van der Waals surface area contributed by atoms with Crippen molar-refractivity contribution in [3.63, 3.8) is 0 Å². The minimum absolute atomic E-state index is 0.348. The van der Waals surface area contributed by atoms with Gasteiger partial charge in [-0.3, -0.25) is 0 Å². The average molecular weight is 193 g/mol. The van der Waals surface area contributed by atoms with Crippen molar-refractivity contribution in [1.82, 2.24) is 0 Å². The van der Waals surface area contributed by atoms with Crippen LogP contribution >= 0.6 is 0 Å². The minimum Gasteiger partial charge on any atom is -0.394 e. The van der Waals surface area contributed by atoms with E-state index in [4.69, 9.17) is 16.0 Å². The van der Waals surface area contributed by atoms with Crippen LogP contribution in [0.25, 0.3) is 0 Å². The van der Waals surface area contributed by atoms with E-state index in [-0.39, 0.29) is 0 Å². The van der Waals surface area contributed by atoms with E-state index in [2.05, 4.69) is 0 Å². The molecule has 0 radical (unpaired) electrons. The van der Waals surface area contributed by atoms with Gasteiger partial charge in [0.2, 0.25) is 0 Å². The first-order chi connectivity index (χ1) is 6.61. The molecular weight excluding hydrogens is 176 g/mol. The standard InChI is InChI=1S/C8H16O5/c1-2-12-7-3-5(10)8(11)6(4-9)13-7/h5-11H,2-4H2,1H3/t5-,6-,7+,8+/m1/s1/i3D/t3-,5-,6-,7+,8+. The van der Waals surface area contributed by atoms with E-state index in [0.29, 0.717) is 6.61 Å². The number of ether oxygens (including phenoxy) is 2. The van der Waals surface area contributed by atoms with Gasteiger partial charge in [0, 0.05) is 14.4 Å². The molecule has 0 aliphatic carbocycles. The number of aliphatic hydroxyl groups excluding tert-OH is 3. The maximum absolute atomic E-state index is 9.44. The van der Waals surface area contributed by atoms with Gasteiger partial charge in [0.15, 0.2) is 6.29 Å². The van der Waals surface area contributed by atoms with Crippen LogP contribution in [-0.4, -0.2) is 53.1 Å². The van der Waals surface area contributed by atoms with Crippen molar-refractivity contribution in [1.29, 1.82) is 0 Å². The van der Waals surface area contributed by atoms with Gasteiger partial charge in [0.05, 0.1) is 12.7 Å². The fourth-order valence-corrected chi connectivity index (χ4v) is 1.20. The fraction of sp³-hybridized carbons (Fsp3) is 1.00. The van der Waals surface area contributed by atoms with Crippen LogP contribution in [0.15, 0.2) is 0 Å². The number of hydrogen-bond acceptors (Lipinski definition) is 5. The molecule has 0 unspecified atom stereocenters. The summed E-state index contributed by atoms with van der Waals surface area (Å²) in [5, 5.41) is 27.7. The predicted molar refractivity (Wildman–Crippen MR) is 44.0 cm³/mol. The lowest BCUT2D eigenvalue weighted by Gasteiger charge is -2.35. The highest BCUT2D eigenvalue weighted by Crippen LogP contribution is 2.20. The second kappa shape index (κ2) is 4.88. The minimum atomic E-state index is -1.25. The second-order valence-corrected chi connectivity index (χ2v) is 2.85. The highest BCUT2D eigenvalue weighted by atomic mass is 16.7. The van der Waals surface area contributed by atoms with E-state index >= 15 is 0 Å². The third-order valence-corrected chi connectivity index (χ3v) is 1.90. The summed E-state index contributed by atoms with van der Waals surface area (Å²) in [4.78, 5) is 0. The molecule has 0 saturated carbocycles. The van der Waals surface area contributed by atoms with Gasteiger partial charge in [-0.25, -0.2) is 0 Å². The van der Waals surface area contributed by atoms with Crippen molar-refractivity contribution in [3.05, 3.63) is 0 Å². The monoisotopic (exact) mass is 193 g/mol. The van der Waals surface area contributed by atoms with Crippen LogP contribution in [0.2, 0.25) is 0 Å². The van der Waals surface area contributed by atoms with Crippen molar-refractivity contribution in [3.8, 4) is 0 Å². The third kappa shape index (κ3) is 2.62. The van der Waals surface area contributed by atoms with Crippen LogP contribution in [-0.2, 0) is 9.47 Å². The quantitative estimate of drug-likeness (QED) is 0.527. The van der Waals surface area contributed by atoms with Gasteiger partial charge in [-0.2, -0.15) is 0 Å². The van der Waals surface area contributed by atoms with Crippen LogP contribution < -0.4 is 0 Å². The van der Waals surface area contributed by atoms with E-state index in [9.17, 15) is 10.2 Å². The highest BCUT2D eigenvalue weighted by molar-refractivity contribution is 4.82. The molecule has 0 aromatic carbocycles. The summed E-state index contributed by atoms with van der Waals surface area (Å²) in [5.41, 5.74) is 0. The van der Waals surface area contributed by atoms with Gasteiger partial charge < -0.3 is 24.8 Å². The topological polar surface area (TPSA) is 79.2 Å². The van der Waals surface area contributed by atoms with Gasteiger partial charge in [-0.15, -0.1) is 0 Å². The van der Waals surface area contributed by atoms with Crippen molar-refractivity contribution in [2.75, 3.05) is 13.2 Å². The highest BCUT2D eigenvalue weighted by Gasteiger charge is 2.36. The predicted octanol–water partition coefficient (Wildman–Crippen LogP) is -1.15. The molecule has 1 aliphatic heterocycles. The summed E-state index contributed by atoms with van der Waals surface area (Å²) >= 11 is 0. The lowest BCUT2D eigenvalue weighted by atomic mass is 10.0. The maximum Gasteiger partial charge on any atom is 0.160 e. The van der Waals surface area contributed by atoms with Crippen molar-refractivity contribution in [2.45, 2.75) is 37.9 Å². The maximum atomic E-state index is 9.44. The Morgan fingerprint density at radius 1 is 1.62 bits per heavy atom. The summed E-state index contributed by atoms with van der Waals surface area (Å²) in [6.07, 6.45) is -5.32. The number of aliphatic hydroxyl groups is 3. The molecule has 1 saturated heterocycles. The van der Waals surface area contributed by atoms with E-state index in [1.807, 2.05) is 0 Å². The van der Waals surface area contributed by atoms with Gasteiger partial charge in [0.1, 0.15) is 12.2 Å². The summed E-state index contributed by atoms with van der Waals surface area (Å²) < 4.78 is 17.6. The lowest BCUT2D eigenvalue weighted by molar-refractivity contribution is -0.255. The largest absolute Gasteiger partial charge is 0.394 e. The molecule has 1 heterocycles. The molecule has 5 nitrogen and oxygen atoms in total. The summed E-state index contributed by atoms with van der Waals surface area (Å²) in [5.74, 6) is 0. The molecule has 1 fully saturated rings. The molecule has 0 aromatic heterocycles. The molecule has 0 bridgehead atoms. The van der Waals surface area contributed by atoms with Crippen LogP contribution in [0, 0.1) is 0 Å². The zero-order valence-corrected chi connectivity index (χ0v) is 7.46. The van der Waals surface area contributed by atoms with Gasteiger partial charge in [-0.05, 0) is 6.92 Å². The molecule has 1 rings (SSSR count). The van der Waals surface area contributed by atoms with Crippen LogP contribution in [0.4, 0.5) is 0 Å². The first-order valence-corrected chi connectivity index (χ1v) is 4.28. The summed E-state index contributed by atoms with van der Waals surface area (Å²) in [6.45, 7) is 1.68. The molecule has 13 heavy (non-hydrogen) atoms. The molecule has 3 N–H and O–H groups in total. The smallest absolute Gasteiger partial charge is 0.160 e. The van der Waals surface area contributed by atoms with Crippen LogP contribution in [0.5, 0.6) is 0 Å². The molecular formula is C8H16O5. The van der Waals surface area contributed by atoms with Crippen LogP contribution in [0.1, 0.15) is 14.7 Å². The normalized spacial score (nSPS) is 47.4. The molecule has 0 amide bonds. The Labute approximate surface area is 78.3 Å². The Kier molecular flexibility index (Phi) is 3.51. The molecule has 5 heteroatoms. The Hall–Kier alpha value is -0.200. The van der Waals surface area contributed by atoms with E-state index < -0.39 is 37.6 Å². The summed E-state index contributed by atoms with van der Waals surface area (Å²) in [7, 11) is 0. The Morgan fingerprint density at radius 3 is 2.85 bits per heavy atom. The molecule has 0 aromatic rings. The molecule has 78 valence electrons. The van der Waals surface area contributed by atoms with Crippen LogP contribution in [0.3, 0.4) is 0 Å². The van der Waals surface area contributed by atoms with E-state index in [1.54, 1.807) is 6.92 Å². The third-order valence-electron chi connectivity index (χ3n) is 1.90. The van der Waals surface area contributed by atoms with Crippen molar-refractivity contribution >= 4 is 0 Å². The molecule has 1 aliphatic rings. The lowest BCUT2D eigenvalue weighted by Crippen LogP contribution is -2.50. The number of hydrogen-bond donors (Lipinski definition) is 3. The zero-order chi connectivity index (χ0) is 10.7. The fourth-order valence-electron chi connectivity index (χ4n) is 1.20. The SMILES string of the molecule is [2H][C@H]1[C@@H](OCC)O[C@H](CO)[C@@H](O)[C@@H]1O. The Balaban J connectivity index is 2.63. The van der Waals surface area contributed by atoms with E-state index in [1.165, 1.54) is 0 Å².